The predicted octanol–water partition coefficient (Wildman–Crippen LogP) is 4.48. The molecule has 1 aliphatic heterocycles. The van der Waals surface area contributed by atoms with Gasteiger partial charge in [-0.2, -0.15) is 4.98 Å². The maximum absolute atomic E-state index is 13.0. The molecule has 0 unspecified atom stereocenters. The average molecular weight is 405 g/mol. The number of aromatic amines is 1. The third-order valence-electron chi connectivity index (χ3n) is 5.21. The number of rotatable bonds is 4. The van der Waals surface area contributed by atoms with Gasteiger partial charge in [0.25, 0.3) is 0 Å². The van der Waals surface area contributed by atoms with Crippen LogP contribution >= 0.6 is 11.3 Å². The van der Waals surface area contributed by atoms with E-state index in [1.165, 1.54) is 0 Å². The van der Waals surface area contributed by atoms with Crippen molar-refractivity contribution in [1.82, 2.24) is 20.1 Å². The van der Waals surface area contributed by atoms with Crippen LogP contribution in [0.1, 0.15) is 41.1 Å². The summed E-state index contributed by atoms with van der Waals surface area (Å²) in [7, 11) is 0. The molecule has 4 heterocycles. The van der Waals surface area contributed by atoms with Crippen LogP contribution in [0.4, 0.5) is 5.69 Å². The Kier molecular flexibility index (Phi) is 4.48. The fraction of sp³-hybridized carbons (Fsp3) is 0.238. The summed E-state index contributed by atoms with van der Waals surface area (Å²) in [5.41, 5.74) is 2.04. The van der Waals surface area contributed by atoms with Crippen molar-refractivity contribution in [1.29, 1.82) is 0 Å². The number of aryl methyl sites for hydroxylation is 1. The standard InChI is InChI=1S/C21H19N5O2S/c1-13-4-6-14(7-5-13)26-17(27)9-8-15(18(26)16-3-2-12-29-16)21-24-20(25-28-21)19-22-10-11-23-19/h2-7,10-12,15,18H,8-9H2,1H3,(H,22,23)/t15-,18-/m1/s1. The number of hydrogen-bond acceptors (Lipinski definition) is 6. The summed E-state index contributed by atoms with van der Waals surface area (Å²) in [6, 6.07) is 11.9. The number of anilines is 1. The Balaban J connectivity index is 1.57. The van der Waals surface area contributed by atoms with Crippen molar-refractivity contribution in [2.45, 2.75) is 31.7 Å². The van der Waals surface area contributed by atoms with E-state index in [-0.39, 0.29) is 17.9 Å². The van der Waals surface area contributed by atoms with Crippen LogP contribution in [0.2, 0.25) is 0 Å². The van der Waals surface area contributed by atoms with Crippen LogP contribution in [0, 0.1) is 6.92 Å². The van der Waals surface area contributed by atoms with Gasteiger partial charge in [-0.25, -0.2) is 4.98 Å². The molecule has 0 aliphatic carbocycles. The molecule has 1 aromatic carbocycles. The molecule has 4 aromatic rings. The topological polar surface area (TPSA) is 87.9 Å². The molecule has 3 aromatic heterocycles. The molecular formula is C21H19N5O2S. The summed E-state index contributed by atoms with van der Waals surface area (Å²) in [5.74, 6) is 1.53. The summed E-state index contributed by atoms with van der Waals surface area (Å²) in [4.78, 5) is 27.8. The number of benzene rings is 1. The van der Waals surface area contributed by atoms with Gasteiger partial charge in [0.05, 0.1) is 12.0 Å². The summed E-state index contributed by atoms with van der Waals surface area (Å²) >= 11 is 1.63. The second-order valence-corrected chi connectivity index (χ2v) is 8.08. The number of carbonyl (C=O) groups is 1. The highest BCUT2D eigenvalue weighted by Crippen LogP contribution is 2.46. The van der Waals surface area contributed by atoms with Crippen molar-refractivity contribution in [2.24, 2.45) is 0 Å². The smallest absolute Gasteiger partial charge is 0.238 e. The van der Waals surface area contributed by atoms with Crippen molar-refractivity contribution in [3.63, 3.8) is 0 Å². The lowest BCUT2D eigenvalue weighted by atomic mass is 9.87. The van der Waals surface area contributed by atoms with E-state index in [9.17, 15) is 4.79 Å². The number of carbonyl (C=O) groups excluding carboxylic acids is 1. The molecule has 1 fully saturated rings. The minimum absolute atomic E-state index is 0.0936. The molecule has 7 nitrogen and oxygen atoms in total. The maximum Gasteiger partial charge on any atom is 0.238 e. The highest BCUT2D eigenvalue weighted by Gasteiger charge is 2.42. The van der Waals surface area contributed by atoms with Crippen LogP contribution in [0.3, 0.4) is 0 Å². The van der Waals surface area contributed by atoms with Gasteiger partial charge in [0, 0.05) is 29.4 Å². The third-order valence-corrected chi connectivity index (χ3v) is 6.16. The zero-order valence-electron chi connectivity index (χ0n) is 15.8. The molecular weight excluding hydrogens is 386 g/mol. The maximum atomic E-state index is 13.0. The Morgan fingerprint density at radius 3 is 2.83 bits per heavy atom. The Labute approximate surface area is 171 Å². The van der Waals surface area contributed by atoms with E-state index in [0.717, 1.165) is 16.1 Å². The number of hydrogen-bond donors (Lipinski definition) is 1. The first-order valence-electron chi connectivity index (χ1n) is 9.46. The van der Waals surface area contributed by atoms with Crippen molar-refractivity contribution >= 4 is 22.9 Å². The molecule has 29 heavy (non-hydrogen) atoms. The molecule has 1 N–H and O–H groups in total. The molecule has 1 saturated heterocycles. The Morgan fingerprint density at radius 2 is 2.10 bits per heavy atom. The molecule has 0 radical (unpaired) electrons. The zero-order valence-corrected chi connectivity index (χ0v) is 16.6. The number of H-pyrrole nitrogens is 1. The molecule has 1 aliphatic rings. The number of aromatic nitrogens is 4. The minimum atomic E-state index is -0.191. The van der Waals surface area contributed by atoms with E-state index in [2.05, 4.69) is 26.2 Å². The number of piperidine rings is 1. The fourth-order valence-corrected chi connectivity index (χ4v) is 4.70. The van der Waals surface area contributed by atoms with E-state index in [0.29, 0.717) is 30.4 Å². The normalized spacial score (nSPS) is 19.6. The highest BCUT2D eigenvalue weighted by molar-refractivity contribution is 7.10. The largest absolute Gasteiger partial charge is 0.342 e. The Hall–Kier alpha value is -3.26. The lowest BCUT2D eigenvalue weighted by Gasteiger charge is -2.39. The fourth-order valence-electron chi connectivity index (χ4n) is 3.82. The summed E-state index contributed by atoms with van der Waals surface area (Å²) < 4.78 is 5.64. The first-order valence-corrected chi connectivity index (χ1v) is 10.3. The van der Waals surface area contributed by atoms with Crippen LogP contribution in [0.25, 0.3) is 11.6 Å². The van der Waals surface area contributed by atoms with Gasteiger partial charge >= 0.3 is 0 Å². The lowest BCUT2D eigenvalue weighted by Crippen LogP contribution is -2.42. The van der Waals surface area contributed by atoms with Crippen molar-refractivity contribution in [3.8, 4) is 11.6 Å². The monoisotopic (exact) mass is 405 g/mol. The molecule has 0 bridgehead atoms. The van der Waals surface area contributed by atoms with Gasteiger partial charge in [-0.3, -0.25) is 4.79 Å². The number of imidazole rings is 1. The van der Waals surface area contributed by atoms with Gasteiger partial charge in [-0.1, -0.05) is 28.9 Å². The predicted molar refractivity (Wildman–Crippen MR) is 110 cm³/mol. The SMILES string of the molecule is Cc1ccc(N2C(=O)CC[C@@H](c3nc(-c4ncc[nH]4)no3)[C@@H]2c2cccs2)cc1. The molecule has 0 saturated carbocycles. The number of thiophene rings is 1. The summed E-state index contributed by atoms with van der Waals surface area (Å²) in [6.45, 7) is 2.04. The minimum Gasteiger partial charge on any atom is -0.342 e. The third kappa shape index (κ3) is 3.25. The average Bonchev–Trinajstić information content (AvgIpc) is 3.50. The molecule has 146 valence electrons. The number of nitrogens with one attached hydrogen (secondary N) is 1. The summed E-state index contributed by atoms with van der Waals surface area (Å²) in [6.07, 6.45) is 4.46. The van der Waals surface area contributed by atoms with E-state index in [4.69, 9.17) is 4.52 Å². The Morgan fingerprint density at radius 1 is 1.24 bits per heavy atom. The molecule has 2 atom stereocenters. The highest BCUT2D eigenvalue weighted by atomic mass is 32.1. The van der Waals surface area contributed by atoms with E-state index in [1.54, 1.807) is 23.7 Å². The van der Waals surface area contributed by atoms with Crippen molar-refractivity contribution in [2.75, 3.05) is 4.90 Å². The van der Waals surface area contributed by atoms with E-state index < -0.39 is 0 Å². The van der Waals surface area contributed by atoms with Crippen molar-refractivity contribution in [3.05, 3.63) is 70.5 Å². The van der Waals surface area contributed by atoms with Crippen LogP contribution in [0.5, 0.6) is 0 Å². The van der Waals surface area contributed by atoms with Crippen LogP contribution in [-0.4, -0.2) is 26.0 Å². The van der Waals surface area contributed by atoms with Gasteiger partial charge < -0.3 is 14.4 Å². The van der Waals surface area contributed by atoms with Gasteiger partial charge in [0.1, 0.15) is 0 Å². The summed E-state index contributed by atoms with van der Waals surface area (Å²) in [5, 5.41) is 6.13. The first-order chi connectivity index (χ1) is 14.2. The second kappa shape index (κ2) is 7.29. The molecule has 5 rings (SSSR count). The van der Waals surface area contributed by atoms with Gasteiger partial charge in [0.2, 0.25) is 17.6 Å². The van der Waals surface area contributed by atoms with E-state index >= 15 is 0 Å². The first kappa shape index (κ1) is 17.8. The van der Waals surface area contributed by atoms with Gasteiger partial charge in [-0.15, -0.1) is 11.3 Å². The quantitative estimate of drug-likeness (QED) is 0.541. The van der Waals surface area contributed by atoms with Gasteiger partial charge in [0.15, 0.2) is 5.82 Å². The number of amides is 1. The zero-order chi connectivity index (χ0) is 19.8. The van der Waals surface area contributed by atoms with E-state index in [1.807, 2.05) is 47.5 Å². The second-order valence-electron chi connectivity index (χ2n) is 7.10. The van der Waals surface area contributed by atoms with Gasteiger partial charge in [-0.05, 0) is 36.9 Å². The lowest BCUT2D eigenvalue weighted by molar-refractivity contribution is -0.120. The van der Waals surface area contributed by atoms with Crippen LogP contribution in [0.15, 0.2) is 58.7 Å². The van der Waals surface area contributed by atoms with Crippen molar-refractivity contribution < 1.29 is 9.32 Å². The molecule has 8 heteroatoms. The van der Waals surface area contributed by atoms with Crippen LogP contribution < -0.4 is 4.90 Å². The van der Waals surface area contributed by atoms with Crippen LogP contribution in [-0.2, 0) is 4.79 Å². The Bertz CT molecular complexity index is 1100. The molecule has 1 amide bonds. The molecule has 0 spiro atoms. The number of nitrogens with zero attached hydrogens (tertiary/aromatic N) is 4.